The summed E-state index contributed by atoms with van der Waals surface area (Å²) in [5, 5.41) is 8.60. The lowest BCUT2D eigenvalue weighted by Crippen LogP contribution is -2.43. The summed E-state index contributed by atoms with van der Waals surface area (Å²) in [5.74, 6) is -0.638. The molecule has 0 aliphatic carbocycles. The molecule has 19 heavy (non-hydrogen) atoms. The SMILES string of the molecule is O=C(O)CCc1ccc(N2C(=O)CSCC2=O)cc1. The minimum absolute atomic E-state index is 0.0670. The molecule has 1 aromatic carbocycles. The summed E-state index contributed by atoms with van der Waals surface area (Å²) < 4.78 is 0. The number of carboxylic acids is 1. The molecular weight excluding hydrogens is 266 g/mol. The van der Waals surface area contributed by atoms with E-state index in [1.165, 1.54) is 16.7 Å². The fourth-order valence-electron chi connectivity index (χ4n) is 1.84. The van der Waals surface area contributed by atoms with Crippen LogP contribution in [-0.4, -0.2) is 34.4 Å². The van der Waals surface area contributed by atoms with Crippen molar-refractivity contribution < 1.29 is 19.5 Å². The van der Waals surface area contributed by atoms with Gasteiger partial charge in [-0.1, -0.05) is 12.1 Å². The number of carbonyl (C=O) groups excluding carboxylic acids is 2. The molecule has 6 heteroatoms. The van der Waals surface area contributed by atoms with Crippen LogP contribution in [0, 0.1) is 0 Å². The first-order chi connectivity index (χ1) is 9.08. The van der Waals surface area contributed by atoms with Gasteiger partial charge in [-0.25, -0.2) is 4.90 Å². The van der Waals surface area contributed by atoms with Crippen LogP contribution in [0.4, 0.5) is 5.69 Å². The van der Waals surface area contributed by atoms with E-state index in [1.54, 1.807) is 24.3 Å². The Labute approximate surface area is 114 Å². The molecule has 2 rings (SSSR count). The van der Waals surface area contributed by atoms with Gasteiger partial charge in [-0.15, -0.1) is 11.8 Å². The van der Waals surface area contributed by atoms with Gasteiger partial charge in [0.15, 0.2) is 0 Å². The molecule has 1 aromatic rings. The van der Waals surface area contributed by atoms with Gasteiger partial charge in [0.1, 0.15) is 0 Å². The number of aryl methyl sites for hydroxylation is 1. The standard InChI is InChI=1S/C13H13NO4S/c15-11-7-19-8-12(16)14(11)10-4-1-9(2-5-10)3-6-13(17)18/h1-2,4-5H,3,6-8H2,(H,17,18). The zero-order valence-corrected chi connectivity index (χ0v) is 11.0. The van der Waals surface area contributed by atoms with Crippen LogP contribution in [-0.2, 0) is 20.8 Å². The molecule has 1 saturated heterocycles. The Balaban J connectivity index is 2.11. The number of anilines is 1. The third kappa shape index (κ3) is 3.35. The quantitative estimate of drug-likeness (QED) is 0.841. The second kappa shape index (κ2) is 5.88. The van der Waals surface area contributed by atoms with Gasteiger partial charge in [-0.05, 0) is 24.1 Å². The molecular formula is C13H13NO4S. The first-order valence-corrected chi connectivity index (χ1v) is 6.97. The normalized spacial score (nSPS) is 15.7. The Morgan fingerprint density at radius 3 is 2.26 bits per heavy atom. The molecule has 0 atom stereocenters. The summed E-state index contributed by atoms with van der Waals surface area (Å²) >= 11 is 1.32. The van der Waals surface area contributed by atoms with E-state index < -0.39 is 5.97 Å². The van der Waals surface area contributed by atoms with Crippen molar-refractivity contribution in [3.8, 4) is 0 Å². The summed E-state index contributed by atoms with van der Waals surface area (Å²) in [6.07, 6.45) is 0.505. The number of amides is 2. The molecule has 1 fully saturated rings. The van der Waals surface area contributed by atoms with Crippen molar-refractivity contribution in [2.24, 2.45) is 0 Å². The van der Waals surface area contributed by atoms with E-state index in [0.29, 0.717) is 23.6 Å². The van der Waals surface area contributed by atoms with Gasteiger partial charge in [0.2, 0.25) is 11.8 Å². The molecule has 0 radical (unpaired) electrons. The molecule has 5 nitrogen and oxygen atoms in total. The monoisotopic (exact) mass is 279 g/mol. The van der Waals surface area contributed by atoms with Crippen molar-refractivity contribution in [3.05, 3.63) is 29.8 Å². The van der Waals surface area contributed by atoms with Gasteiger partial charge in [0.05, 0.1) is 17.2 Å². The van der Waals surface area contributed by atoms with Crippen LogP contribution >= 0.6 is 11.8 Å². The number of aliphatic carboxylic acids is 1. The number of nitrogens with zero attached hydrogens (tertiary/aromatic N) is 1. The minimum Gasteiger partial charge on any atom is -0.481 e. The highest BCUT2D eigenvalue weighted by Gasteiger charge is 2.27. The highest BCUT2D eigenvalue weighted by atomic mass is 32.2. The van der Waals surface area contributed by atoms with E-state index in [1.807, 2.05) is 0 Å². The molecule has 1 N–H and O–H groups in total. The van der Waals surface area contributed by atoms with E-state index in [9.17, 15) is 14.4 Å². The number of thioether (sulfide) groups is 1. The molecule has 0 unspecified atom stereocenters. The lowest BCUT2D eigenvalue weighted by Gasteiger charge is -2.24. The maximum Gasteiger partial charge on any atom is 0.303 e. The predicted octanol–water partition coefficient (Wildman–Crippen LogP) is 1.31. The summed E-state index contributed by atoms with van der Waals surface area (Å²) in [7, 11) is 0. The van der Waals surface area contributed by atoms with Crippen LogP contribution in [0.1, 0.15) is 12.0 Å². The summed E-state index contributed by atoms with van der Waals surface area (Å²) in [6.45, 7) is 0. The van der Waals surface area contributed by atoms with Crippen molar-refractivity contribution in [2.75, 3.05) is 16.4 Å². The Bertz CT molecular complexity index is 496. The average Bonchev–Trinajstić information content (AvgIpc) is 2.37. The van der Waals surface area contributed by atoms with Crippen LogP contribution in [0.5, 0.6) is 0 Å². The lowest BCUT2D eigenvalue weighted by atomic mass is 10.1. The van der Waals surface area contributed by atoms with Crippen molar-refractivity contribution in [1.29, 1.82) is 0 Å². The van der Waals surface area contributed by atoms with Gasteiger partial charge in [0.25, 0.3) is 0 Å². The van der Waals surface area contributed by atoms with Gasteiger partial charge in [-0.3, -0.25) is 14.4 Å². The second-order valence-electron chi connectivity index (χ2n) is 4.18. The maximum absolute atomic E-state index is 11.7. The number of carboxylic acid groups (broad SMARTS) is 1. The molecule has 0 saturated carbocycles. The first kappa shape index (κ1) is 13.6. The Kier molecular flexibility index (Phi) is 4.21. The molecule has 0 aromatic heterocycles. The predicted molar refractivity (Wildman–Crippen MR) is 72.2 cm³/mol. The van der Waals surface area contributed by atoms with Crippen molar-refractivity contribution in [3.63, 3.8) is 0 Å². The topological polar surface area (TPSA) is 74.7 Å². The molecule has 2 amide bonds. The van der Waals surface area contributed by atoms with Crippen molar-refractivity contribution in [2.45, 2.75) is 12.8 Å². The molecule has 100 valence electrons. The molecule has 0 bridgehead atoms. The third-order valence-corrected chi connectivity index (χ3v) is 3.67. The third-order valence-electron chi connectivity index (χ3n) is 2.77. The highest BCUT2D eigenvalue weighted by Crippen LogP contribution is 2.22. The minimum atomic E-state index is -0.845. The first-order valence-electron chi connectivity index (χ1n) is 5.82. The summed E-state index contributed by atoms with van der Waals surface area (Å²) in [5.41, 5.74) is 1.42. The zero-order valence-electron chi connectivity index (χ0n) is 10.2. The lowest BCUT2D eigenvalue weighted by molar-refractivity contribution is -0.137. The smallest absolute Gasteiger partial charge is 0.303 e. The average molecular weight is 279 g/mol. The van der Waals surface area contributed by atoms with E-state index >= 15 is 0 Å². The van der Waals surface area contributed by atoms with Crippen LogP contribution in [0.15, 0.2) is 24.3 Å². The number of imide groups is 1. The van der Waals surface area contributed by atoms with Crippen molar-refractivity contribution in [1.82, 2.24) is 0 Å². The zero-order chi connectivity index (χ0) is 13.8. The number of benzene rings is 1. The van der Waals surface area contributed by atoms with Gasteiger partial charge in [0, 0.05) is 6.42 Å². The van der Waals surface area contributed by atoms with Crippen LogP contribution < -0.4 is 4.90 Å². The molecule has 1 aliphatic heterocycles. The number of rotatable bonds is 4. The summed E-state index contributed by atoms with van der Waals surface area (Å²) in [6, 6.07) is 6.87. The van der Waals surface area contributed by atoms with Crippen LogP contribution in [0.25, 0.3) is 0 Å². The van der Waals surface area contributed by atoms with Crippen LogP contribution in [0.2, 0.25) is 0 Å². The molecule has 0 spiro atoms. The Hall–Kier alpha value is -1.82. The molecule has 1 aliphatic rings. The number of hydrogen-bond acceptors (Lipinski definition) is 4. The van der Waals surface area contributed by atoms with Gasteiger partial charge >= 0.3 is 5.97 Å². The number of hydrogen-bond donors (Lipinski definition) is 1. The van der Waals surface area contributed by atoms with E-state index in [4.69, 9.17) is 5.11 Å². The maximum atomic E-state index is 11.7. The largest absolute Gasteiger partial charge is 0.481 e. The fraction of sp³-hybridized carbons (Fsp3) is 0.308. The second-order valence-corrected chi connectivity index (χ2v) is 5.16. The van der Waals surface area contributed by atoms with E-state index in [0.717, 1.165) is 5.56 Å². The number of carbonyl (C=O) groups is 3. The van der Waals surface area contributed by atoms with Crippen molar-refractivity contribution >= 4 is 35.2 Å². The van der Waals surface area contributed by atoms with Gasteiger partial charge < -0.3 is 5.11 Å². The highest BCUT2D eigenvalue weighted by molar-refractivity contribution is 8.00. The van der Waals surface area contributed by atoms with Gasteiger partial charge in [-0.2, -0.15) is 0 Å². The van der Waals surface area contributed by atoms with Crippen LogP contribution in [0.3, 0.4) is 0 Å². The molecule has 1 heterocycles. The van der Waals surface area contributed by atoms with E-state index in [2.05, 4.69) is 0 Å². The Morgan fingerprint density at radius 1 is 1.16 bits per heavy atom. The summed E-state index contributed by atoms with van der Waals surface area (Å²) in [4.78, 5) is 35.1. The Morgan fingerprint density at radius 2 is 1.74 bits per heavy atom. The van der Waals surface area contributed by atoms with E-state index in [-0.39, 0.29) is 18.2 Å². The fourth-order valence-corrected chi connectivity index (χ4v) is 2.55.